The van der Waals surface area contributed by atoms with Crippen molar-refractivity contribution in [2.24, 2.45) is 0 Å². The topological polar surface area (TPSA) is 36.3 Å². The highest BCUT2D eigenvalue weighted by molar-refractivity contribution is 5.31. The zero-order valence-corrected chi connectivity index (χ0v) is 12.2. The molecule has 0 bridgehead atoms. The van der Waals surface area contributed by atoms with Crippen molar-refractivity contribution in [1.29, 1.82) is 5.26 Å². The highest BCUT2D eigenvalue weighted by atomic mass is 19.3. The average Bonchev–Trinajstić information content (AvgIpc) is 2.49. The molecule has 0 radical (unpaired) electrons. The Hall–Kier alpha value is -2.45. The van der Waals surface area contributed by atoms with E-state index in [4.69, 9.17) is 5.26 Å². The zero-order valence-electron chi connectivity index (χ0n) is 12.2. The number of nitrogens with zero attached hydrogens (tertiary/aromatic N) is 2. The number of hydrogen-bond acceptors (Lipinski definition) is 3. The second kappa shape index (κ2) is 7.53. The molecule has 0 aliphatic carbocycles. The van der Waals surface area contributed by atoms with E-state index >= 15 is 0 Å². The standard InChI is InChI=1S/C17H16F2N2O/c1-21(11-14-4-2-13(10-20)3-5-14)12-15-6-8-16(9-7-15)22-17(18)19/h2-9,17H,11-12H2,1H3. The molecule has 2 aromatic rings. The smallest absolute Gasteiger partial charge is 0.387 e. The average molecular weight is 302 g/mol. The molecule has 0 saturated heterocycles. The van der Waals surface area contributed by atoms with Gasteiger partial charge in [-0.25, -0.2) is 0 Å². The summed E-state index contributed by atoms with van der Waals surface area (Å²) in [5.41, 5.74) is 2.76. The lowest BCUT2D eigenvalue weighted by Crippen LogP contribution is -2.17. The fourth-order valence-electron chi connectivity index (χ4n) is 2.14. The minimum atomic E-state index is -2.80. The molecule has 5 heteroatoms. The summed E-state index contributed by atoms with van der Waals surface area (Å²) in [7, 11) is 1.97. The molecular formula is C17H16F2N2O. The van der Waals surface area contributed by atoms with Gasteiger partial charge in [-0.2, -0.15) is 14.0 Å². The summed E-state index contributed by atoms with van der Waals surface area (Å²) in [4.78, 5) is 2.10. The van der Waals surface area contributed by atoms with Crippen LogP contribution in [-0.4, -0.2) is 18.6 Å². The SMILES string of the molecule is CN(Cc1ccc(C#N)cc1)Cc1ccc(OC(F)F)cc1. The van der Waals surface area contributed by atoms with E-state index in [1.807, 2.05) is 19.2 Å². The van der Waals surface area contributed by atoms with Crippen LogP contribution in [-0.2, 0) is 13.1 Å². The third-order valence-electron chi connectivity index (χ3n) is 3.14. The molecule has 0 N–H and O–H groups in total. The summed E-state index contributed by atoms with van der Waals surface area (Å²) >= 11 is 0. The monoisotopic (exact) mass is 302 g/mol. The van der Waals surface area contributed by atoms with Crippen LogP contribution in [0.25, 0.3) is 0 Å². The zero-order chi connectivity index (χ0) is 15.9. The Morgan fingerprint density at radius 3 is 1.95 bits per heavy atom. The maximum atomic E-state index is 12.1. The molecule has 0 atom stereocenters. The van der Waals surface area contributed by atoms with Crippen LogP contribution in [0.15, 0.2) is 48.5 Å². The molecular weight excluding hydrogens is 286 g/mol. The maximum absolute atomic E-state index is 12.1. The molecule has 3 nitrogen and oxygen atoms in total. The third kappa shape index (κ3) is 4.83. The Morgan fingerprint density at radius 1 is 1.00 bits per heavy atom. The van der Waals surface area contributed by atoms with Gasteiger partial charge in [-0.3, -0.25) is 4.90 Å². The molecule has 0 aromatic heterocycles. The van der Waals surface area contributed by atoms with Crippen LogP contribution >= 0.6 is 0 Å². The first-order valence-corrected chi connectivity index (χ1v) is 6.78. The summed E-state index contributed by atoms with van der Waals surface area (Å²) < 4.78 is 28.5. The van der Waals surface area contributed by atoms with E-state index in [2.05, 4.69) is 15.7 Å². The van der Waals surface area contributed by atoms with Gasteiger partial charge in [0.05, 0.1) is 11.6 Å². The van der Waals surface area contributed by atoms with E-state index in [1.54, 1.807) is 24.3 Å². The lowest BCUT2D eigenvalue weighted by molar-refractivity contribution is -0.0498. The Kier molecular flexibility index (Phi) is 5.45. The van der Waals surface area contributed by atoms with Crippen molar-refractivity contribution >= 4 is 0 Å². The highest BCUT2D eigenvalue weighted by Gasteiger charge is 2.05. The number of ether oxygens (including phenoxy) is 1. The number of halogens is 2. The first-order valence-electron chi connectivity index (χ1n) is 6.78. The number of benzene rings is 2. The highest BCUT2D eigenvalue weighted by Crippen LogP contribution is 2.16. The molecule has 2 rings (SSSR count). The van der Waals surface area contributed by atoms with Gasteiger partial charge in [0.15, 0.2) is 0 Å². The fraction of sp³-hybridized carbons (Fsp3) is 0.235. The van der Waals surface area contributed by atoms with Crippen LogP contribution in [0, 0.1) is 11.3 Å². The van der Waals surface area contributed by atoms with Crippen LogP contribution in [0.5, 0.6) is 5.75 Å². The van der Waals surface area contributed by atoms with Crippen molar-refractivity contribution in [3.63, 3.8) is 0 Å². The molecule has 0 fully saturated rings. The third-order valence-corrected chi connectivity index (χ3v) is 3.14. The van der Waals surface area contributed by atoms with Crippen molar-refractivity contribution < 1.29 is 13.5 Å². The molecule has 0 spiro atoms. The number of hydrogen-bond donors (Lipinski definition) is 0. The van der Waals surface area contributed by atoms with E-state index < -0.39 is 6.61 Å². The van der Waals surface area contributed by atoms with E-state index in [1.165, 1.54) is 12.1 Å². The van der Waals surface area contributed by atoms with Gasteiger partial charge in [-0.15, -0.1) is 0 Å². The lowest BCUT2D eigenvalue weighted by Gasteiger charge is -2.17. The Bertz CT molecular complexity index is 633. The molecule has 0 aliphatic heterocycles. The van der Waals surface area contributed by atoms with E-state index in [9.17, 15) is 8.78 Å². The van der Waals surface area contributed by atoms with Crippen LogP contribution in [0.2, 0.25) is 0 Å². The van der Waals surface area contributed by atoms with Crippen LogP contribution < -0.4 is 4.74 Å². The second-order valence-corrected chi connectivity index (χ2v) is 5.00. The summed E-state index contributed by atoms with van der Waals surface area (Å²) in [5, 5.41) is 8.76. The minimum absolute atomic E-state index is 0.161. The molecule has 0 amide bonds. The van der Waals surface area contributed by atoms with Gasteiger partial charge in [0.25, 0.3) is 0 Å². The predicted octanol–water partition coefficient (Wildman–Crippen LogP) is 3.79. The summed E-state index contributed by atoms with van der Waals surface area (Å²) in [6.07, 6.45) is 0. The first kappa shape index (κ1) is 15.9. The van der Waals surface area contributed by atoms with Crippen molar-refractivity contribution in [3.05, 3.63) is 65.2 Å². The van der Waals surface area contributed by atoms with Gasteiger partial charge < -0.3 is 4.74 Å². The lowest BCUT2D eigenvalue weighted by atomic mass is 10.1. The molecule has 22 heavy (non-hydrogen) atoms. The first-order chi connectivity index (χ1) is 10.6. The Balaban J connectivity index is 1.90. The molecule has 114 valence electrons. The van der Waals surface area contributed by atoms with Gasteiger partial charge in [0.2, 0.25) is 0 Å². The van der Waals surface area contributed by atoms with Gasteiger partial charge in [0, 0.05) is 13.1 Å². The number of alkyl halides is 2. The van der Waals surface area contributed by atoms with E-state index in [-0.39, 0.29) is 5.75 Å². The Labute approximate surface area is 128 Å². The van der Waals surface area contributed by atoms with Gasteiger partial charge >= 0.3 is 6.61 Å². The second-order valence-electron chi connectivity index (χ2n) is 5.00. The number of rotatable bonds is 6. The summed E-state index contributed by atoms with van der Waals surface area (Å²) in [5.74, 6) is 0.161. The number of nitriles is 1. The molecule has 0 saturated carbocycles. The minimum Gasteiger partial charge on any atom is -0.435 e. The van der Waals surface area contributed by atoms with Crippen LogP contribution in [0.1, 0.15) is 16.7 Å². The van der Waals surface area contributed by atoms with Crippen LogP contribution in [0.4, 0.5) is 8.78 Å². The Morgan fingerprint density at radius 2 is 1.50 bits per heavy atom. The molecule has 0 aliphatic rings. The van der Waals surface area contributed by atoms with Gasteiger partial charge in [-0.05, 0) is 42.4 Å². The normalized spacial score (nSPS) is 10.7. The maximum Gasteiger partial charge on any atom is 0.387 e. The van der Waals surface area contributed by atoms with Crippen molar-refractivity contribution in [2.45, 2.75) is 19.7 Å². The van der Waals surface area contributed by atoms with Crippen molar-refractivity contribution in [2.75, 3.05) is 7.05 Å². The molecule has 0 heterocycles. The largest absolute Gasteiger partial charge is 0.435 e. The quantitative estimate of drug-likeness (QED) is 0.814. The van der Waals surface area contributed by atoms with Gasteiger partial charge in [0.1, 0.15) is 5.75 Å². The van der Waals surface area contributed by atoms with E-state index in [0.717, 1.165) is 17.7 Å². The van der Waals surface area contributed by atoms with Crippen molar-refractivity contribution in [3.8, 4) is 11.8 Å². The van der Waals surface area contributed by atoms with Crippen molar-refractivity contribution in [1.82, 2.24) is 4.90 Å². The van der Waals surface area contributed by atoms with Crippen LogP contribution in [0.3, 0.4) is 0 Å². The van der Waals surface area contributed by atoms with E-state index in [0.29, 0.717) is 12.1 Å². The predicted molar refractivity (Wildman–Crippen MR) is 79.4 cm³/mol. The fourth-order valence-corrected chi connectivity index (χ4v) is 2.14. The summed E-state index contributed by atoms with van der Waals surface area (Å²) in [6.45, 7) is -1.37. The van der Waals surface area contributed by atoms with Gasteiger partial charge in [-0.1, -0.05) is 24.3 Å². The molecule has 0 unspecified atom stereocenters. The summed E-state index contributed by atoms with van der Waals surface area (Å²) in [6, 6.07) is 16.1. The molecule has 2 aromatic carbocycles.